The lowest BCUT2D eigenvalue weighted by atomic mass is 10.3. The van der Waals surface area contributed by atoms with Crippen LogP contribution in [0.4, 0.5) is 0 Å². The van der Waals surface area contributed by atoms with Crippen LogP contribution in [0.2, 0.25) is 0 Å². The van der Waals surface area contributed by atoms with E-state index in [9.17, 15) is 0 Å². The summed E-state index contributed by atoms with van der Waals surface area (Å²) in [5.41, 5.74) is 0. The molecule has 17 heavy (non-hydrogen) atoms. The van der Waals surface area contributed by atoms with Crippen molar-refractivity contribution in [3.8, 4) is 5.75 Å². The highest BCUT2D eigenvalue weighted by Crippen LogP contribution is 2.17. The molecule has 2 N–H and O–H groups in total. The second kappa shape index (κ2) is 9.41. The number of nitrogens with one attached hydrogen (secondary N) is 1. The van der Waals surface area contributed by atoms with Crippen molar-refractivity contribution < 1.29 is 14.6 Å². The Morgan fingerprint density at radius 2 is 2.06 bits per heavy atom. The summed E-state index contributed by atoms with van der Waals surface area (Å²) >= 11 is 3.38. The van der Waals surface area contributed by atoms with Crippen LogP contribution in [-0.2, 0) is 4.74 Å². The van der Waals surface area contributed by atoms with Gasteiger partial charge in [0, 0.05) is 17.6 Å². The van der Waals surface area contributed by atoms with Crippen LogP contribution < -0.4 is 10.1 Å². The topological polar surface area (TPSA) is 50.7 Å². The van der Waals surface area contributed by atoms with E-state index in [-0.39, 0.29) is 6.61 Å². The first-order chi connectivity index (χ1) is 8.33. The molecule has 0 fully saturated rings. The number of benzene rings is 1. The molecular weight excluding hydrogens is 286 g/mol. The summed E-state index contributed by atoms with van der Waals surface area (Å²) in [7, 11) is 0. The Hall–Kier alpha value is -0.620. The predicted octanol–water partition coefficient (Wildman–Crippen LogP) is 1.43. The molecule has 0 unspecified atom stereocenters. The molecule has 0 saturated carbocycles. The zero-order chi connectivity index (χ0) is 12.3. The van der Waals surface area contributed by atoms with E-state index in [1.54, 1.807) is 0 Å². The largest absolute Gasteiger partial charge is 0.491 e. The van der Waals surface area contributed by atoms with Gasteiger partial charge >= 0.3 is 0 Å². The standard InChI is InChI=1S/C12H18BrNO3/c13-11-2-1-3-12(10-11)17-9-8-16-7-5-14-4-6-15/h1-3,10,14-15H,4-9H2. The van der Waals surface area contributed by atoms with Crippen LogP contribution in [0.25, 0.3) is 0 Å². The maximum atomic E-state index is 8.53. The van der Waals surface area contributed by atoms with Crippen LogP contribution in [0.5, 0.6) is 5.75 Å². The highest BCUT2D eigenvalue weighted by Gasteiger charge is 1.94. The summed E-state index contributed by atoms with van der Waals surface area (Å²) in [5, 5.41) is 11.6. The monoisotopic (exact) mass is 303 g/mol. The molecule has 1 rings (SSSR count). The van der Waals surface area contributed by atoms with Crippen molar-refractivity contribution >= 4 is 15.9 Å². The highest BCUT2D eigenvalue weighted by atomic mass is 79.9. The third-order valence-corrected chi connectivity index (χ3v) is 2.50. The molecule has 96 valence electrons. The average Bonchev–Trinajstić information content (AvgIpc) is 2.33. The third kappa shape index (κ3) is 7.33. The van der Waals surface area contributed by atoms with E-state index in [1.165, 1.54) is 0 Å². The van der Waals surface area contributed by atoms with Gasteiger partial charge in [0.2, 0.25) is 0 Å². The Bertz CT molecular complexity index is 310. The Morgan fingerprint density at radius 1 is 1.18 bits per heavy atom. The van der Waals surface area contributed by atoms with E-state index in [0.29, 0.717) is 26.4 Å². The Kier molecular flexibility index (Phi) is 8.00. The SMILES string of the molecule is OCCNCCOCCOc1cccc(Br)c1. The van der Waals surface area contributed by atoms with E-state index >= 15 is 0 Å². The van der Waals surface area contributed by atoms with Crippen molar-refractivity contribution in [2.24, 2.45) is 0 Å². The fourth-order valence-corrected chi connectivity index (χ4v) is 1.60. The van der Waals surface area contributed by atoms with Gasteiger partial charge in [-0.05, 0) is 18.2 Å². The Balaban J connectivity index is 1.97. The van der Waals surface area contributed by atoms with Gasteiger partial charge in [0.25, 0.3) is 0 Å². The summed E-state index contributed by atoms with van der Waals surface area (Å²) in [4.78, 5) is 0. The number of hydrogen-bond acceptors (Lipinski definition) is 4. The van der Waals surface area contributed by atoms with Gasteiger partial charge in [0.15, 0.2) is 0 Å². The maximum absolute atomic E-state index is 8.53. The van der Waals surface area contributed by atoms with Crippen molar-refractivity contribution in [2.45, 2.75) is 0 Å². The number of rotatable bonds is 9. The van der Waals surface area contributed by atoms with E-state index in [1.807, 2.05) is 24.3 Å². The molecule has 0 aromatic heterocycles. The van der Waals surface area contributed by atoms with E-state index in [4.69, 9.17) is 14.6 Å². The fourth-order valence-electron chi connectivity index (χ4n) is 1.23. The minimum absolute atomic E-state index is 0.159. The summed E-state index contributed by atoms with van der Waals surface area (Å²) in [6, 6.07) is 7.71. The van der Waals surface area contributed by atoms with Gasteiger partial charge in [-0.15, -0.1) is 0 Å². The van der Waals surface area contributed by atoms with E-state index in [0.717, 1.165) is 16.8 Å². The van der Waals surface area contributed by atoms with Crippen molar-refractivity contribution in [1.29, 1.82) is 0 Å². The summed E-state index contributed by atoms with van der Waals surface area (Å²) in [6.45, 7) is 3.24. The van der Waals surface area contributed by atoms with Gasteiger partial charge < -0.3 is 19.9 Å². The minimum Gasteiger partial charge on any atom is -0.491 e. The number of halogens is 1. The van der Waals surface area contributed by atoms with Crippen molar-refractivity contribution in [2.75, 3.05) is 39.5 Å². The average molecular weight is 304 g/mol. The lowest BCUT2D eigenvalue weighted by Gasteiger charge is -2.07. The van der Waals surface area contributed by atoms with E-state index in [2.05, 4.69) is 21.2 Å². The Labute approximate surface area is 110 Å². The van der Waals surface area contributed by atoms with Gasteiger partial charge in [-0.1, -0.05) is 22.0 Å². The highest BCUT2D eigenvalue weighted by molar-refractivity contribution is 9.10. The molecule has 0 aliphatic heterocycles. The molecule has 0 amide bonds. The van der Waals surface area contributed by atoms with Crippen LogP contribution in [0, 0.1) is 0 Å². The molecule has 0 aliphatic rings. The first-order valence-corrected chi connectivity index (χ1v) is 6.40. The summed E-state index contributed by atoms with van der Waals surface area (Å²) in [5.74, 6) is 0.835. The zero-order valence-electron chi connectivity index (χ0n) is 9.69. The Morgan fingerprint density at radius 3 is 2.82 bits per heavy atom. The van der Waals surface area contributed by atoms with Gasteiger partial charge in [0.05, 0.1) is 19.8 Å². The maximum Gasteiger partial charge on any atom is 0.120 e. The van der Waals surface area contributed by atoms with Gasteiger partial charge in [-0.25, -0.2) is 0 Å². The third-order valence-electron chi connectivity index (χ3n) is 2.00. The number of hydrogen-bond donors (Lipinski definition) is 2. The summed E-state index contributed by atoms with van der Waals surface area (Å²) < 4.78 is 11.9. The minimum atomic E-state index is 0.159. The van der Waals surface area contributed by atoms with Crippen LogP contribution in [0.15, 0.2) is 28.7 Å². The zero-order valence-corrected chi connectivity index (χ0v) is 11.3. The normalized spacial score (nSPS) is 10.5. The predicted molar refractivity (Wildman–Crippen MR) is 70.4 cm³/mol. The number of ether oxygens (including phenoxy) is 2. The lowest BCUT2D eigenvalue weighted by Crippen LogP contribution is -2.23. The first kappa shape index (κ1) is 14.4. The van der Waals surface area contributed by atoms with Crippen molar-refractivity contribution in [3.63, 3.8) is 0 Å². The molecule has 4 nitrogen and oxygen atoms in total. The van der Waals surface area contributed by atoms with Crippen LogP contribution in [-0.4, -0.2) is 44.6 Å². The molecule has 0 saturated heterocycles. The second-order valence-corrected chi connectivity index (χ2v) is 4.31. The van der Waals surface area contributed by atoms with Gasteiger partial charge in [0.1, 0.15) is 12.4 Å². The fraction of sp³-hybridized carbons (Fsp3) is 0.500. The van der Waals surface area contributed by atoms with Gasteiger partial charge in [-0.3, -0.25) is 0 Å². The smallest absolute Gasteiger partial charge is 0.120 e. The molecule has 5 heteroatoms. The van der Waals surface area contributed by atoms with Crippen LogP contribution in [0.3, 0.4) is 0 Å². The van der Waals surface area contributed by atoms with E-state index < -0.39 is 0 Å². The molecule has 0 atom stereocenters. The lowest BCUT2D eigenvalue weighted by molar-refractivity contribution is 0.101. The molecule has 1 aromatic carbocycles. The number of aliphatic hydroxyl groups excluding tert-OH is 1. The molecule has 0 aliphatic carbocycles. The molecule has 0 heterocycles. The quantitative estimate of drug-likeness (QED) is 0.678. The van der Waals surface area contributed by atoms with Gasteiger partial charge in [-0.2, -0.15) is 0 Å². The molecule has 0 spiro atoms. The summed E-state index contributed by atoms with van der Waals surface area (Å²) in [6.07, 6.45) is 0. The molecule has 0 radical (unpaired) electrons. The molecule has 1 aromatic rings. The van der Waals surface area contributed by atoms with Crippen molar-refractivity contribution in [1.82, 2.24) is 5.32 Å². The van der Waals surface area contributed by atoms with Crippen molar-refractivity contribution in [3.05, 3.63) is 28.7 Å². The molecule has 0 bridgehead atoms. The number of aliphatic hydroxyl groups is 1. The second-order valence-electron chi connectivity index (χ2n) is 3.39. The first-order valence-electron chi connectivity index (χ1n) is 5.60. The van der Waals surface area contributed by atoms with Crippen LogP contribution in [0.1, 0.15) is 0 Å². The molecular formula is C12H18BrNO3. The van der Waals surface area contributed by atoms with Crippen LogP contribution >= 0.6 is 15.9 Å².